The number of hydrogen-bond acceptors (Lipinski definition) is 4. The quantitative estimate of drug-likeness (QED) is 0.786. The van der Waals surface area contributed by atoms with Crippen molar-refractivity contribution in [1.29, 1.82) is 0 Å². The molecule has 2 heterocycles. The maximum atomic E-state index is 5.61. The van der Waals surface area contributed by atoms with E-state index in [4.69, 9.17) is 4.74 Å². The molecule has 1 aliphatic heterocycles. The molecule has 0 saturated carbocycles. The first kappa shape index (κ1) is 11.0. The second-order valence-electron chi connectivity index (χ2n) is 4.18. The Kier molecular flexibility index (Phi) is 3.72. The lowest BCUT2D eigenvalue weighted by atomic mass is 10.2. The van der Waals surface area contributed by atoms with E-state index in [9.17, 15) is 0 Å². The van der Waals surface area contributed by atoms with Crippen LogP contribution in [0.3, 0.4) is 0 Å². The molecular formula is C11H18N2OS. The molecule has 0 aromatic carbocycles. The monoisotopic (exact) mass is 226 g/mol. The van der Waals surface area contributed by atoms with Gasteiger partial charge in [0, 0.05) is 30.8 Å². The van der Waals surface area contributed by atoms with E-state index >= 15 is 0 Å². The molecule has 0 bridgehead atoms. The lowest BCUT2D eigenvalue weighted by Crippen LogP contribution is -2.27. The Morgan fingerprint density at radius 1 is 1.67 bits per heavy atom. The van der Waals surface area contributed by atoms with E-state index in [1.807, 2.05) is 13.1 Å². The molecule has 3 nitrogen and oxygen atoms in total. The predicted octanol–water partition coefficient (Wildman–Crippen LogP) is 2.06. The molecular weight excluding hydrogens is 208 g/mol. The van der Waals surface area contributed by atoms with E-state index < -0.39 is 0 Å². The van der Waals surface area contributed by atoms with Gasteiger partial charge >= 0.3 is 0 Å². The fourth-order valence-corrected chi connectivity index (χ4v) is 2.82. The van der Waals surface area contributed by atoms with Crippen LogP contribution in [0.2, 0.25) is 0 Å². The molecule has 1 aliphatic rings. The smallest absolute Gasteiger partial charge is 0.0897 e. The van der Waals surface area contributed by atoms with Crippen LogP contribution in [0.4, 0.5) is 0 Å². The summed E-state index contributed by atoms with van der Waals surface area (Å²) in [5.74, 6) is 0. The van der Waals surface area contributed by atoms with E-state index in [2.05, 4.69) is 16.9 Å². The van der Waals surface area contributed by atoms with Gasteiger partial charge in [0.2, 0.25) is 0 Å². The van der Waals surface area contributed by atoms with Crippen molar-refractivity contribution in [3.63, 3.8) is 0 Å². The zero-order chi connectivity index (χ0) is 10.7. The van der Waals surface area contributed by atoms with Gasteiger partial charge in [0.25, 0.3) is 0 Å². The van der Waals surface area contributed by atoms with Gasteiger partial charge in [-0.3, -0.25) is 4.90 Å². The van der Waals surface area contributed by atoms with Gasteiger partial charge in [0.1, 0.15) is 0 Å². The summed E-state index contributed by atoms with van der Waals surface area (Å²) in [5.41, 5.74) is 0. The van der Waals surface area contributed by atoms with Crippen LogP contribution in [0.5, 0.6) is 0 Å². The standard InChI is InChI=1S/C11H18N2OS/c1-9-12-6-11(15-9)8-13(2)7-10-4-3-5-14-10/h6,10H,3-5,7-8H2,1-2H3. The second-order valence-corrected chi connectivity index (χ2v) is 5.50. The van der Waals surface area contributed by atoms with Gasteiger partial charge in [-0.1, -0.05) is 0 Å². The van der Waals surface area contributed by atoms with Crippen molar-refractivity contribution in [2.75, 3.05) is 20.2 Å². The van der Waals surface area contributed by atoms with Crippen LogP contribution in [0.15, 0.2) is 6.20 Å². The first-order valence-corrected chi connectivity index (χ1v) is 6.27. The van der Waals surface area contributed by atoms with Gasteiger partial charge < -0.3 is 4.74 Å². The minimum Gasteiger partial charge on any atom is -0.377 e. The molecule has 0 aliphatic carbocycles. The summed E-state index contributed by atoms with van der Waals surface area (Å²) in [5, 5.41) is 1.15. The van der Waals surface area contributed by atoms with Crippen molar-refractivity contribution in [3.8, 4) is 0 Å². The molecule has 1 saturated heterocycles. The Labute approximate surface area is 95.1 Å². The molecule has 0 radical (unpaired) electrons. The van der Waals surface area contributed by atoms with Crippen LogP contribution >= 0.6 is 11.3 Å². The fraction of sp³-hybridized carbons (Fsp3) is 0.727. The normalized spacial score (nSPS) is 21.4. The highest BCUT2D eigenvalue weighted by Crippen LogP contribution is 2.16. The van der Waals surface area contributed by atoms with Crippen LogP contribution < -0.4 is 0 Å². The van der Waals surface area contributed by atoms with Crippen molar-refractivity contribution in [3.05, 3.63) is 16.1 Å². The average molecular weight is 226 g/mol. The Hall–Kier alpha value is -0.450. The summed E-state index contributed by atoms with van der Waals surface area (Å²) in [6, 6.07) is 0. The molecule has 2 rings (SSSR count). The molecule has 1 unspecified atom stereocenters. The van der Waals surface area contributed by atoms with E-state index in [-0.39, 0.29) is 0 Å². The molecule has 0 N–H and O–H groups in total. The maximum absolute atomic E-state index is 5.61. The SMILES string of the molecule is Cc1ncc(CN(C)CC2CCCO2)s1. The lowest BCUT2D eigenvalue weighted by Gasteiger charge is -2.19. The van der Waals surface area contributed by atoms with E-state index in [1.54, 1.807) is 11.3 Å². The number of rotatable bonds is 4. The first-order chi connectivity index (χ1) is 7.24. The summed E-state index contributed by atoms with van der Waals surface area (Å²) < 4.78 is 5.61. The van der Waals surface area contributed by atoms with Gasteiger partial charge in [0.05, 0.1) is 11.1 Å². The van der Waals surface area contributed by atoms with E-state index in [0.717, 1.165) is 24.7 Å². The number of ether oxygens (including phenoxy) is 1. The molecule has 4 heteroatoms. The Balaban J connectivity index is 1.78. The molecule has 1 atom stereocenters. The number of nitrogens with zero attached hydrogens (tertiary/aromatic N) is 2. The number of aryl methyl sites for hydroxylation is 1. The van der Waals surface area contributed by atoms with E-state index in [0.29, 0.717) is 6.10 Å². The molecule has 1 aromatic heterocycles. The summed E-state index contributed by atoms with van der Waals surface area (Å²) in [7, 11) is 2.15. The number of likely N-dealkylation sites (N-methyl/N-ethyl adjacent to an activating group) is 1. The third-order valence-corrected chi connectivity index (χ3v) is 3.53. The lowest BCUT2D eigenvalue weighted by molar-refractivity contribution is 0.0796. The fourth-order valence-electron chi connectivity index (χ4n) is 1.94. The zero-order valence-electron chi connectivity index (χ0n) is 9.40. The summed E-state index contributed by atoms with van der Waals surface area (Å²) in [6.07, 6.45) is 4.86. The van der Waals surface area contributed by atoms with E-state index in [1.165, 1.54) is 17.7 Å². The van der Waals surface area contributed by atoms with Crippen LogP contribution in [0.25, 0.3) is 0 Å². The predicted molar refractivity (Wildman–Crippen MR) is 62.2 cm³/mol. The maximum Gasteiger partial charge on any atom is 0.0897 e. The summed E-state index contributed by atoms with van der Waals surface area (Å²) in [6.45, 7) is 5.02. The number of thiazole rings is 1. The highest BCUT2D eigenvalue weighted by atomic mass is 32.1. The van der Waals surface area contributed by atoms with Gasteiger partial charge in [-0.15, -0.1) is 11.3 Å². The summed E-state index contributed by atoms with van der Waals surface area (Å²) in [4.78, 5) is 7.93. The molecule has 0 spiro atoms. The zero-order valence-corrected chi connectivity index (χ0v) is 10.2. The van der Waals surface area contributed by atoms with Gasteiger partial charge in [-0.2, -0.15) is 0 Å². The Bertz CT molecular complexity index is 307. The van der Waals surface area contributed by atoms with Crippen molar-refractivity contribution >= 4 is 11.3 Å². The Morgan fingerprint density at radius 3 is 3.13 bits per heavy atom. The van der Waals surface area contributed by atoms with Crippen LogP contribution in [-0.2, 0) is 11.3 Å². The molecule has 15 heavy (non-hydrogen) atoms. The summed E-state index contributed by atoms with van der Waals surface area (Å²) >= 11 is 1.78. The van der Waals surface area contributed by atoms with Crippen molar-refractivity contribution in [2.45, 2.75) is 32.4 Å². The third kappa shape index (κ3) is 3.26. The largest absolute Gasteiger partial charge is 0.377 e. The van der Waals surface area contributed by atoms with Crippen LogP contribution in [-0.4, -0.2) is 36.2 Å². The topological polar surface area (TPSA) is 25.4 Å². The first-order valence-electron chi connectivity index (χ1n) is 5.45. The molecule has 0 amide bonds. The number of aromatic nitrogens is 1. The van der Waals surface area contributed by atoms with Gasteiger partial charge in [-0.25, -0.2) is 4.98 Å². The molecule has 1 aromatic rings. The van der Waals surface area contributed by atoms with Gasteiger partial charge in [-0.05, 0) is 26.8 Å². The molecule has 84 valence electrons. The Morgan fingerprint density at radius 2 is 2.53 bits per heavy atom. The minimum absolute atomic E-state index is 0.448. The van der Waals surface area contributed by atoms with Gasteiger partial charge in [0.15, 0.2) is 0 Å². The van der Waals surface area contributed by atoms with Crippen molar-refractivity contribution < 1.29 is 4.74 Å². The average Bonchev–Trinajstić information content (AvgIpc) is 2.77. The third-order valence-electron chi connectivity index (χ3n) is 2.63. The van der Waals surface area contributed by atoms with Crippen molar-refractivity contribution in [2.24, 2.45) is 0 Å². The highest BCUT2D eigenvalue weighted by Gasteiger charge is 2.17. The minimum atomic E-state index is 0.448. The highest BCUT2D eigenvalue weighted by molar-refractivity contribution is 7.11. The molecule has 1 fully saturated rings. The van der Waals surface area contributed by atoms with Crippen LogP contribution in [0.1, 0.15) is 22.7 Å². The number of hydrogen-bond donors (Lipinski definition) is 0. The van der Waals surface area contributed by atoms with Crippen LogP contribution in [0, 0.1) is 6.92 Å². The second kappa shape index (κ2) is 5.05. The van der Waals surface area contributed by atoms with Crippen molar-refractivity contribution in [1.82, 2.24) is 9.88 Å².